The molecule has 0 saturated carbocycles. The molecule has 94 valence electrons. The van der Waals surface area contributed by atoms with Crippen LogP contribution < -0.4 is 5.73 Å². The van der Waals surface area contributed by atoms with Gasteiger partial charge in [-0.3, -0.25) is 9.69 Å². The summed E-state index contributed by atoms with van der Waals surface area (Å²) >= 11 is 0. The summed E-state index contributed by atoms with van der Waals surface area (Å²) in [5.41, 5.74) is 5.75. The number of nitrogens with two attached hydrogens (primary N) is 1. The topological polar surface area (TPSA) is 55.6 Å². The lowest BCUT2D eigenvalue weighted by Crippen LogP contribution is -2.46. The van der Waals surface area contributed by atoms with E-state index in [0.29, 0.717) is 19.2 Å². The van der Waals surface area contributed by atoms with Crippen molar-refractivity contribution in [1.29, 1.82) is 0 Å². The van der Waals surface area contributed by atoms with Gasteiger partial charge in [-0.1, -0.05) is 13.3 Å². The van der Waals surface area contributed by atoms with Crippen LogP contribution in [0.4, 0.5) is 0 Å². The lowest BCUT2D eigenvalue weighted by Gasteiger charge is -2.36. The summed E-state index contributed by atoms with van der Waals surface area (Å²) in [4.78, 5) is 13.9. The second kappa shape index (κ2) is 6.86. The van der Waals surface area contributed by atoms with Gasteiger partial charge in [-0.25, -0.2) is 0 Å². The molecular weight excluding hydrogens is 204 g/mol. The molecule has 2 unspecified atom stereocenters. The zero-order chi connectivity index (χ0) is 12.0. The van der Waals surface area contributed by atoms with E-state index in [1.807, 2.05) is 13.8 Å². The molecule has 2 N–H and O–H groups in total. The first-order valence-electron chi connectivity index (χ1n) is 6.29. The Kier molecular flexibility index (Phi) is 5.77. The summed E-state index contributed by atoms with van der Waals surface area (Å²) in [6.45, 7) is 6.76. The average Bonchev–Trinajstić information content (AvgIpc) is 2.30. The van der Waals surface area contributed by atoms with Crippen LogP contribution in [-0.2, 0) is 9.53 Å². The molecule has 1 heterocycles. The van der Waals surface area contributed by atoms with Crippen molar-refractivity contribution in [2.24, 2.45) is 11.7 Å². The Balaban J connectivity index is 2.41. The average molecular weight is 228 g/mol. The fourth-order valence-corrected chi connectivity index (χ4v) is 2.28. The lowest BCUT2D eigenvalue weighted by molar-refractivity contribution is -0.148. The van der Waals surface area contributed by atoms with Gasteiger partial charge in [0.2, 0.25) is 0 Å². The molecule has 0 radical (unpaired) electrons. The highest BCUT2D eigenvalue weighted by Crippen LogP contribution is 2.17. The Morgan fingerprint density at radius 2 is 2.31 bits per heavy atom. The second-order valence-electron chi connectivity index (χ2n) is 4.53. The summed E-state index contributed by atoms with van der Waals surface area (Å²) in [6, 6.07) is 0.450. The summed E-state index contributed by atoms with van der Waals surface area (Å²) in [5, 5.41) is 0. The molecule has 0 bridgehead atoms. The van der Waals surface area contributed by atoms with Crippen molar-refractivity contribution in [2.45, 2.75) is 39.2 Å². The van der Waals surface area contributed by atoms with Crippen LogP contribution in [-0.4, -0.2) is 43.2 Å². The van der Waals surface area contributed by atoms with Crippen LogP contribution in [0, 0.1) is 5.92 Å². The normalized spacial score (nSPS) is 24.1. The number of nitrogens with zero attached hydrogens (tertiary/aromatic N) is 1. The molecular formula is C12H24N2O2. The molecule has 1 fully saturated rings. The molecule has 16 heavy (non-hydrogen) atoms. The van der Waals surface area contributed by atoms with E-state index >= 15 is 0 Å². The predicted molar refractivity (Wildman–Crippen MR) is 64.1 cm³/mol. The number of carbonyl (C=O) groups excluding carboxylic acids is 1. The number of ether oxygens (including phenoxy) is 1. The van der Waals surface area contributed by atoms with E-state index in [1.165, 1.54) is 12.8 Å². The van der Waals surface area contributed by atoms with Gasteiger partial charge < -0.3 is 10.5 Å². The van der Waals surface area contributed by atoms with Gasteiger partial charge in [0.15, 0.2) is 0 Å². The van der Waals surface area contributed by atoms with Crippen LogP contribution in [0.15, 0.2) is 0 Å². The monoisotopic (exact) mass is 228 g/mol. The van der Waals surface area contributed by atoms with Crippen molar-refractivity contribution in [1.82, 2.24) is 4.90 Å². The number of piperidine rings is 1. The number of likely N-dealkylation sites (tertiary alicyclic amines) is 1. The van der Waals surface area contributed by atoms with Gasteiger partial charge in [-0.2, -0.15) is 0 Å². The van der Waals surface area contributed by atoms with Crippen molar-refractivity contribution in [2.75, 3.05) is 26.2 Å². The van der Waals surface area contributed by atoms with E-state index in [1.54, 1.807) is 0 Å². The SMILES string of the molecule is CCOC(=O)C(C)CN1CCCCC1CN. The van der Waals surface area contributed by atoms with Crippen molar-refractivity contribution >= 4 is 5.97 Å². The minimum absolute atomic E-state index is 0.0490. The molecule has 0 aromatic carbocycles. The Morgan fingerprint density at radius 1 is 1.56 bits per heavy atom. The molecule has 0 aromatic rings. The third kappa shape index (κ3) is 3.76. The van der Waals surface area contributed by atoms with Gasteiger partial charge in [-0.05, 0) is 26.3 Å². The molecule has 1 aliphatic heterocycles. The zero-order valence-corrected chi connectivity index (χ0v) is 10.4. The minimum Gasteiger partial charge on any atom is -0.466 e. The highest BCUT2D eigenvalue weighted by molar-refractivity contribution is 5.72. The molecule has 2 atom stereocenters. The number of hydrogen-bond donors (Lipinski definition) is 1. The highest BCUT2D eigenvalue weighted by Gasteiger charge is 2.25. The first kappa shape index (κ1) is 13.5. The van der Waals surface area contributed by atoms with Crippen LogP contribution in [0.25, 0.3) is 0 Å². The van der Waals surface area contributed by atoms with Crippen LogP contribution in [0.1, 0.15) is 33.1 Å². The van der Waals surface area contributed by atoms with Gasteiger partial charge in [0.25, 0.3) is 0 Å². The maximum Gasteiger partial charge on any atom is 0.309 e. The number of rotatable bonds is 5. The molecule has 0 spiro atoms. The standard InChI is InChI=1S/C12H24N2O2/c1-3-16-12(15)10(2)9-14-7-5-4-6-11(14)8-13/h10-11H,3-9,13H2,1-2H3. The van der Waals surface area contributed by atoms with Crippen LogP contribution >= 0.6 is 0 Å². The van der Waals surface area contributed by atoms with Crippen molar-refractivity contribution < 1.29 is 9.53 Å². The quantitative estimate of drug-likeness (QED) is 0.713. The van der Waals surface area contributed by atoms with Crippen molar-refractivity contribution in [3.05, 3.63) is 0 Å². The number of hydrogen-bond acceptors (Lipinski definition) is 4. The molecule has 0 aromatic heterocycles. The zero-order valence-electron chi connectivity index (χ0n) is 10.4. The van der Waals surface area contributed by atoms with E-state index in [2.05, 4.69) is 4.90 Å². The fourth-order valence-electron chi connectivity index (χ4n) is 2.28. The largest absolute Gasteiger partial charge is 0.466 e. The van der Waals surface area contributed by atoms with E-state index in [9.17, 15) is 4.79 Å². The lowest BCUT2D eigenvalue weighted by atomic mass is 10.0. The number of carbonyl (C=O) groups is 1. The molecule has 4 nitrogen and oxygen atoms in total. The van der Waals surface area contributed by atoms with Crippen LogP contribution in [0.2, 0.25) is 0 Å². The molecule has 0 aliphatic carbocycles. The second-order valence-corrected chi connectivity index (χ2v) is 4.53. The van der Waals surface area contributed by atoms with Gasteiger partial charge in [0.05, 0.1) is 12.5 Å². The molecule has 1 saturated heterocycles. The van der Waals surface area contributed by atoms with Gasteiger partial charge in [0, 0.05) is 19.1 Å². The Bertz CT molecular complexity index is 221. The Labute approximate surface area is 98.1 Å². The smallest absolute Gasteiger partial charge is 0.309 e. The van der Waals surface area contributed by atoms with E-state index in [4.69, 9.17) is 10.5 Å². The van der Waals surface area contributed by atoms with E-state index in [0.717, 1.165) is 19.5 Å². The highest BCUT2D eigenvalue weighted by atomic mass is 16.5. The van der Waals surface area contributed by atoms with Crippen molar-refractivity contribution in [3.8, 4) is 0 Å². The summed E-state index contributed by atoms with van der Waals surface area (Å²) in [6.07, 6.45) is 3.63. The molecule has 1 rings (SSSR count). The van der Waals surface area contributed by atoms with Crippen molar-refractivity contribution in [3.63, 3.8) is 0 Å². The van der Waals surface area contributed by atoms with Crippen LogP contribution in [0.5, 0.6) is 0 Å². The van der Waals surface area contributed by atoms with Gasteiger partial charge in [0.1, 0.15) is 0 Å². The molecule has 0 amide bonds. The third-order valence-corrected chi connectivity index (χ3v) is 3.22. The fraction of sp³-hybridized carbons (Fsp3) is 0.917. The van der Waals surface area contributed by atoms with E-state index in [-0.39, 0.29) is 11.9 Å². The Morgan fingerprint density at radius 3 is 2.94 bits per heavy atom. The maximum atomic E-state index is 11.5. The minimum atomic E-state index is -0.0937. The predicted octanol–water partition coefficient (Wildman–Crippen LogP) is 0.999. The van der Waals surface area contributed by atoms with Crippen LogP contribution in [0.3, 0.4) is 0 Å². The van der Waals surface area contributed by atoms with Gasteiger partial charge in [-0.15, -0.1) is 0 Å². The molecule has 1 aliphatic rings. The summed E-state index contributed by atoms with van der Waals surface area (Å²) < 4.78 is 5.02. The summed E-state index contributed by atoms with van der Waals surface area (Å²) in [5.74, 6) is -0.143. The first-order valence-corrected chi connectivity index (χ1v) is 6.29. The third-order valence-electron chi connectivity index (χ3n) is 3.22. The summed E-state index contributed by atoms with van der Waals surface area (Å²) in [7, 11) is 0. The van der Waals surface area contributed by atoms with Gasteiger partial charge >= 0.3 is 5.97 Å². The molecule has 4 heteroatoms. The Hall–Kier alpha value is -0.610. The number of esters is 1. The maximum absolute atomic E-state index is 11.5. The first-order chi connectivity index (χ1) is 7.69. The van der Waals surface area contributed by atoms with E-state index < -0.39 is 0 Å².